The highest BCUT2D eigenvalue weighted by Gasteiger charge is 2.48. The molecule has 3 amide bonds. The molecule has 3 rings (SSSR count). The molecule has 3 N–H and O–H groups in total. The van der Waals surface area contributed by atoms with Gasteiger partial charge in [0.25, 0.3) is 5.91 Å². The molecule has 3 fully saturated rings. The maximum Gasteiger partial charge on any atom is 0.418 e. The molecule has 3 heterocycles. The second kappa shape index (κ2) is 7.09. The van der Waals surface area contributed by atoms with E-state index < -0.39 is 28.5 Å². The number of nitrogens with two attached hydrogens (primary N) is 1. The first-order valence-electron chi connectivity index (χ1n) is 7.99. The van der Waals surface area contributed by atoms with Gasteiger partial charge in [-0.1, -0.05) is 0 Å². The molecule has 3 saturated heterocycles. The average Bonchev–Trinajstić information content (AvgIpc) is 2.79. The highest BCUT2D eigenvalue weighted by atomic mass is 32.3. The van der Waals surface area contributed by atoms with E-state index in [1.807, 2.05) is 0 Å². The third-order valence-corrected chi connectivity index (χ3v) is 6.05. The summed E-state index contributed by atoms with van der Waals surface area (Å²) in [6.45, 7) is 0.198. The van der Waals surface area contributed by atoms with Crippen LogP contribution < -0.4 is 5.73 Å². The van der Waals surface area contributed by atoms with Crippen LogP contribution in [0.2, 0.25) is 0 Å². The van der Waals surface area contributed by atoms with E-state index in [0.29, 0.717) is 17.9 Å². The van der Waals surface area contributed by atoms with Crippen LogP contribution in [0, 0.1) is 5.92 Å². The number of hydrogen-bond acceptors (Lipinski definition) is 6. The van der Waals surface area contributed by atoms with E-state index in [1.165, 1.54) is 4.90 Å². The van der Waals surface area contributed by atoms with Gasteiger partial charge in [-0.3, -0.25) is 9.35 Å². The number of urea groups is 1. The lowest BCUT2D eigenvalue weighted by Gasteiger charge is -2.29. The molecule has 0 aromatic carbocycles. The van der Waals surface area contributed by atoms with Gasteiger partial charge in [0.1, 0.15) is 5.84 Å². The molecule has 10 nitrogen and oxygen atoms in total. The van der Waals surface area contributed by atoms with Crippen molar-refractivity contribution < 1.29 is 26.8 Å². The number of nitrogens with zero attached hydrogens (tertiary/aromatic N) is 3. The number of hydrogen-bond donors (Lipinski definition) is 2. The third-order valence-electron chi connectivity index (χ3n) is 4.65. The Balaban J connectivity index is 1.70. The highest BCUT2D eigenvalue weighted by Crippen LogP contribution is 2.31. The number of amidine groups is 1. The van der Waals surface area contributed by atoms with Crippen LogP contribution in [0.25, 0.3) is 0 Å². The Morgan fingerprint density at radius 1 is 1.28 bits per heavy atom. The zero-order valence-electron chi connectivity index (χ0n) is 13.4. The fourth-order valence-electron chi connectivity index (χ4n) is 3.38. The molecule has 0 aliphatic carbocycles. The second-order valence-corrected chi connectivity index (χ2v) is 8.50. The van der Waals surface area contributed by atoms with Crippen LogP contribution >= 0.6 is 11.8 Å². The molecule has 2 bridgehead atoms. The summed E-state index contributed by atoms with van der Waals surface area (Å²) in [6, 6.07) is -1.80. The number of aliphatic imine (C=N–C) groups is 1. The summed E-state index contributed by atoms with van der Waals surface area (Å²) in [5.41, 5.74) is 5.98. The summed E-state index contributed by atoms with van der Waals surface area (Å²) in [6.07, 6.45) is 2.40. The van der Waals surface area contributed by atoms with Gasteiger partial charge < -0.3 is 10.6 Å². The van der Waals surface area contributed by atoms with Crippen LogP contribution in [0.3, 0.4) is 0 Å². The SMILES string of the molecule is NC(=NC(=O)C1CCSCC1)[C@H]1CC[C@@H]2CN1C(=O)N2OS(=O)(=O)O. The first kappa shape index (κ1) is 18.4. The topological polar surface area (TPSA) is 143 Å². The van der Waals surface area contributed by atoms with Crippen LogP contribution in [0.5, 0.6) is 0 Å². The van der Waals surface area contributed by atoms with E-state index in [1.54, 1.807) is 11.8 Å². The maximum atomic E-state index is 12.3. The lowest BCUT2D eigenvalue weighted by molar-refractivity contribution is -0.121. The van der Waals surface area contributed by atoms with Crippen molar-refractivity contribution in [3.63, 3.8) is 0 Å². The molecular weight excluding hydrogens is 372 g/mol. The Morgan fingerprint density at radius 3 is 2.60 bits per heavy atom. The molecule has 0 aromatic heterocycles. The van der Waals surface area contributed by atoms with Crippen LogP contribution in [0.15, 0.2) is 4.99 Å². The van der Waals surface area contributed by atoms with Crippen molar-refractivity contribution in [1.82, 2.24) is 9.96 Å². The summed E-state index contributed by atoms with van der Waals surface area (Å²) in [7, 11) is -4.79. The fourth-order valence-corrected chi connectivity index (χ4v) is 4.87. The number of amides is 3. The fraction of sp³-hybridized carbons (Fsp3) is 0.769. The van der Waals surface area contributed by atoms with E-state index >= 15 is 0 Å². The number of thioether (sulfide) groups is 1. The molecule has 0 unspecified atom stereocenters. The molecule has 2 atom stereocenters. The van der Waals surface area contributed by atoms with Gasteiger partial charge in [0.15, 0.2) is 0 Å². The van der Waals surface area contributed by atoms with Gasteiger partial charge in [0.05, 0.1) is 12.1 Å². The van der Waals surface area contributed by atoms with Crippen LogP contribution in [0.1, 0.15) is 25.7 Å². The van der Waals surface area contributed by atoms with Crippen LogP contribution in [-0.2, 0) is 19.5 Å². The lowest BCUT2D eigenvalue weighted by atomic mass is 9.99. The minimum absolute atomic E-state index is 0.0590. The lowest BCUT2D eigenvalue weighted by Crippen LogP contribution is -2.48. The number of hydroxylamine groups is 2. The van der Waals surface area contributed by atoms with Crippen LogP contribution in [0.4, 0.5) is 4.79 Å². The van der Waals surface area contributed by atoms with Crippen molar-refractivity contribution >= 4 is 39.9 Å². The third kappa shape index (κ3) is 4.07. The van der Waals surface area contributed by atoms with Crippen molar-refractivity contribution in [2.75, 3.05) is 18.1 Å². The minimum atomic E-state index is -4.79. The molecule has 0 radical (unpaired) electrons. The molecule has 0 saturated carbocycles. The average molecular weight is 392 g/mol. The zero-order valence-corrected chi connectivity index (χ0v) is 15.0. The Morgan fingerprint density at radius 2 is 1.96 bits per heavy atom. The largest absolute Gasteiger partial charge is 0.418 e. The van der Waals surface area contributed by atoms with Crippen molar-refractivity contribution in [1.29, 1.82) is 0 Å². The van der Waals surface area contributed by atoms with E-state index in [2.05, 4.69) is 9.28 Å². The second-order valence-electron chi connectivity index (χ2n) is 6.27. The summed E-state index contributed by atoms with van der Waals surface area (Å²) in [5.74, 6) is 1.50. The van der Waals surface area contributed by atoms with Gasteiger partial charge >= 0.3 is 16.4 Å². The van der Waals surface area contributed by atoms with E-state index in [4.69, 9.17) is 10.3 Å². The number of rotatable bonds is 4. The van der Waals surface area contributed by atoms with E-state index in [9.17, 15) is 18.0 Å². The smallest absolute Gasteiger partial charge is 0.385 e. The molecule has 140 valence electrons. The summed E-state index contributed by atoms with van der Waals surface area (Å²) < 4.78 is 34.9. The Bertz CT molecular complexity index is 691. The monoisotopic (exact) mass is 392 g/mol. The van der Waals surface area contributed by atoms with E-state index in [0.717, 1.165) is 24.3 Å². The number of carbonyl (C=O) groups is 2. The molecule has 3 aliphatic heterocycles. The predicted molar refractivity (Wildman–Crippen MR) is 90.1 cm³/mol. The first-order valence-corrected chi connectivity index (χ1v) is 10.5. The summed E-state index contributed by atoms with van der Waals surface area (Å²) in [5, 5.41) is 0.642. The van der Waals surface area contributed by atoms with Crippen molar-refractivity contribution in [3.8, 4) is 0 Å². The Hall–Kier alpha value is -1.37. The van der Waals surface area contributed by atoms with Gasteiger partial charge in [-0.15, -0.1) is 4.28 Å². The van der Waals surface area contributed by atoms with Gasteiger partial charge in [-0.25, -0.2) is 4.79 Å². The molecular formula is C13H20N4O6S2. The van der Waals surface area contributed by atoms with Crippen molar-refractivity contribution in [3.05, 3.63) is 0 Å². The predicted octanol–water partition coefficient (Wildman–Crippen LogP) is 0.0164. The van der Waals surface area contributed by atoms with E-state index in [-0.39, 0.29) is 24.2 Å². The van der Waals surface area contributed by atoms with Gasteiger partial charge in [-0.2, -0.15) is 30.2 Å². The zero-order chi connectivity index (χ0) is 18.2. The maximum absolute atomic E-state index is 12.3. The molecule has 0 aromatic rings. The quantitative estimate of drug-likeness (QED) is 0.387. The van der Waals surface area contributed by atoms with Gasteiger partial charge in [-0.05, 0) is 37.2 Å². The van der Waals surface area contributed by atoms with Crippen molar-refractivity contribution in [2.45, 2.75) is 37.8 Å². The standard InChI is InChI=1S/C13H20N4O6S2/c14-11(15-12(18)8-3-5-24-6-4-8)10-2-1-9-7-16(10)13(19)17(9)23-25(20,21)22/h8-10H,1-7H2,(H2,14,15,18)(H,20,21,22)/t9-,10-/m1/s1. The number of piperidine rings is 1. The Kier molecular flexibility index (Phi) is 5.23. The molecule has 0 spiro atoms. The van der Waals surface area contributed by atoms with Crippen molar-refractivity contribution in [2.24, 2.45) is 16.6 Å². The summed E-state index contributed by atoms with van der Waals surface area (Å²) >= 11 is 1.80. The minimum Gasteiger partial charge on any atom is -0.385 e. The molecule has 12 heteroatoms. The molecule has 25 heavy (non-hydrogen) atoms. The molecule has 3 aliphatic rings. The Labute approximate surface area is 149 Å². The van der Waals surface area contributed by atoms with Gasteiger partial charge in [0, 0.05) is 12.5 Å². The van der Waals surface area contributed by atoms with Gasteiger partial charge in [0.2, 0.25) is 0 Å². The summed E-state index contributed by atoms with van der Waals surface area (Å²) in [4.78, 5) is 29.9. The van der Waals surface area contributed by atoms with Crippen LogP contribution in [-0.4, -0.2) is 70.8 Å². The highest BCUT2D eigenvalue weighted by molar-refractivity contribution is 7.99. The normalized spacial score (nSPS) is 28.5. The first-order chi connectivity index (χ1) is 11.8. The number of fused-ring (bicyclic) bond motifs is 2. The number of carbonyl (C=O) groups excluding carboxylic acids is 2.